The van der Waals surface area contributed by atoms with Gasteiger partial charge in [0.15, 0.2) is 0 Å². The summed E-state index contributed by atoms with van der Waals surface area (Å²) >= 11 is 0. The molecule has 1 N–H and O–H groups in total. The molecule has 2 atom stereocenters. The molecule has 126 valence electrons. The van der Waals surface area contributed by atoms with E-state index in [2.05, 4.69) is 29.6 Å². The largest absolute Gasteiger partial charge is 0.337 e. The number of benzene rings is 2. The summed E-state index contributed by atoms with van der Waals surface area (Å²) in [4.78, 5) is 15.1. The van der Waals surface area contributed by atoms with Crippen LogP contribution in [0, 0.1) is 12.8 Å². The van der Waals surface area contributed by atoms with Gasteiger partial charge in [-0.2, -0.15) is 0 Å². The number of nitrogens with zero attached hydrogens (tertiary/aromatic N) is 1. The van der Waals surface area contributed by atoms with E-state index < -0.39 is 0 Å². The number of fused-ring (bicyclic) bond motifs is 1. The van der Waals surface area contributed by atoms with E-state index in [1.807, 2.05) is 36.1 Å². The Hall–Kier alpha value is -1.84. The van der Waals surface area contributed by atoms with Crippen molar-refractivity contribution in [1.82, 2.24) is 10.2 Å². The second kappa shape index (κ2) is 6.96. The van der Waals surface area contributed by atoms with Gasteiger partial charge in [-0.25, -0.2) is 0 Å². The van der Waals surface area contributed by atoms with Crippen LogP contribution in [0.5, 0.6) is 0 Å². The summed E-state index contributed by atoms with van der Waals surface area (Å²) in [5, 5.41) is 3.45. The number of carbonyl (C=O) groups excluding carboxylic acids is 1. The second-order valence-electron chi connectivity index (χ2n) is 6.73. The van der Waals surface area contributed by atoms with Crippen molar-refractivity contribution in [3.8, 4) is 11.1 Å². The zero-order valence-corrected chi connectivity index (χ0v) is 14.7. The number of rotatable bonds is 2. The highest BCUT2D eigenvalue weighted by atomic mass is 35.5. The smallest absolute Gasteiger partial charge is 0.254 e. The maximum absolute atomic E-state index is 13.1. The summed E-state index contributed by atoms with van der Waals surface area (Å²) in [7, 11) is 0. The Kier molecular flexibility index (Phi) is 4.93. The van der Waals surface area contributed by atoms with E-state index in [1.54, 1.807) is 0 Å². The molecule has 0 aromatic heterocycles. The zero-order chi connectivity index (χ0) is 15.8. The Morgan fingerprint density at radius 3 is 2.62 bits per heavy atom. The minimum absolute atomic E-state index is 0. The lowest BCUT2D eigenvalue weighted by Gasteiger charge is -2.46. The van der Waals surface area contributed by atoms with Gasteiger partial charge in [0, 0.05) is 24.7 Å². The summed E-state index contributed by atoms with van der Waals surface area (Å²) in [6, 6.07) is 16.9. The highest BCUT2D eigenvalue weighted by Gasteiger charge is 2.37. The number of carbonyl (C=O) groups is 1. The average Bonchev–Trinajstić information content (AvgIpc) is 2.56. The van der Waals surface area contributed by atoms with Crippen LogP contribution in [0.25, 0.3) is 11.1 Å². The summed E-state index contributed by atoms with van der Waals surface area (Å²) in [6.45, 7) is 4.88. The van der Waals surface area contributed by atoms with E-state index in [1.165, 1.54) is 0 Å². The minimum Gasteiger partial charge on any atom is -0.337 e. The summed E-state index contributed by atoms with van der Waals surface area (Å²) in [5.74, 6) is 0.935. The number of aryl methyl sites for hydroxylation is 1. The maximum Gasteiger partial charge on any atom is 0.254 e. The minimum atomic E-state index is 0. The van der Waals surface area contributed by atoms with Crippen LogP contribution in [-0.2, 0) is 0 Å². The lowest BCUT2D eigenvalue weighted by Crippen LogP contribution is -2.62. The van der Waals surface area contributed by atoms with Crippen LogP contribution in [0.4, 0.5) is 0 Å². The number of piperidine rings is 1. The van der Waals surface area contributed by atoms with E-state index in [4.69, 9.17) is 0 Å². The van der Waals surface area contributed by atoms with Crippen LogP contribution >= 0.6 is 12.4 Å². The Morgan fingerprint density at radius 1 is 1.17 bits per heavy atom. The molecule has 4 heteroatoms. The van der Waals surface area contributed by atoms with Gasteiger partial charge in [-0.1, -0.05) is 48.0 Å². The monoisotopic (exact) mass is 342 g/mol. The third kappa shape index (κ3) is 3.06. The molecule has 1 amide bonds. The van der Waals surface area contributed by atoms with Gasteiger partial charge < -0.3 is 10.2 Å². The maximum atomic E-state index is 13.1. The molecule has 0 bridgehead atoms. The van der Waals surface area contributed by atoms with Crippen molar-refractivity contribution >= 4 is 18.3 Å². The average molecular weight is 343 g/mol. The highest BCUT2D eigenvalue weighted by molar-refractivity contribution is 6.01. The first kappa shape index (κ1) is 17.0. The molecule has 0 aliphatic carbocycles. The third-order valence-electron chi connectivity index (χ3n) is 5.18. The van der Waals surface area contributed by atoms with Gasteiger partial charge in [0.2, 0.25) is 0 Å². The molecule has 2 aliphatic heterocycles. The van der Waals surface area contributed by atoms with Crippen LogP contribution in [-0.4, -0.2) is 36.5 Å². The van der Waals surface area contributed by atoms with E-state index in [9.17, 15) is 4.79 Å². The number of likely N-dealkylation sites (tertiary alicyclic amines) is 1. The molecule has 2 aliphatic rings. The van der Waals surface area contributed by atoms with Gasteiger partial charge in [-0.05, 0) is 43.0 Å². The lowest BCUT2D eigenvalue weighted by atomic mass is 9.84. The molecule has 2 heterocycles. The molecule has 3 nitrogen and oxygen atoms in total. The van der Waals surface area contributed by atoms with Gasteiger partial charge in [-0.15, -0.1) is 12.4 Å². The first-order chi connectivity index (χ1) is 11.2. The highest BCUT2D eigenvalue weighted by Crippen LogP contribution is 2.29. The number of hydrogen-bond acceptors (Lipinski definition) is 2. The van der Waals surface area contributed by atoms with E-state index in [0.29, 0.717) is 6.04 Å². The standard InChI is InChI=1S/C20H22N2O.ClH/c1-14-7-8-17(15-5-3-2-4-6-15)18(11-14)20(23)22-10-9-16-12-21-19(16)13-22;/h2-8,11,16,19,21H,9-10,12-13H2,1H3;1H. The van der Waals surface area contributed by atoms with Crippen molar-refractivity contribution in [2.45, 2.75) is 19.4 Å². The van der Waals surface area contributed by atoms with Crippen LogP contribution in [0.15, 0.2) is 48.5 Å². The van der Waals surface area contributed by atoms with Crippen molar-refractivity contribution in [3.63, 3.8) is 0 Å². The fourth-order valence-electron chi connectivity index (χ4n) is 3.68. The molecule has 0 radical (unpaired) electrons. The van der Waals surface area contributed by atoms with Crippen molar-refractivity contribution in [1.29, 1.82) is 0 Å². The fraction of sp³-hybridized carbons (Fsp3) is 0.350. The molecule has 0 saturated carbocycles. The molecule has 2 fully saturated rings. The number of hydrogen-bond donors (Lipinski definition) is 1. The molecule has 2 unspecified atom stereocenters. The SMILES string of the molecule is Cc1ccc(-c2ccccc2)c(C(=O)N2CCC3CNC3C2)c1.Cl. The van der Waals surface area contributed by atoms with E-state index >= 15 is 0 Å². The van der Waals surface area contributed by atoms with E-state index in [-0.39, 0.29) is 18.3 Å². The predicted octanol–water partition coefficient (Wildman–Crippen LogP) is 3.52. The van der Waals surface area contributed by atoms with Crippen molar-refractivity contribution in [2.24, 2.45) is 5.92 Å². The number of halogens is 1. The van der Waals surface area contributed by atoms with Gasteiger partial charge in [0.05, 0.1) is 0 Å². The fourth-order valence-corrected chi connectivity index (χ4v) is 3.68. The first-order valence-electron chi connectivity index (χ1n) is 8.41. The second-order valence-corrected chi connectivity index (χ2v) is 6.73. The third-order valence-corrected chi connectivity index (χ3v) is 5.18. The van der Waals surface area contributed by atoms with E-state index in [0.717, 1.165) is 54.2 Å². The molecule has 2 aromatic rings. The normalized spacial score (nSPS) is 22.1. The topological polar surface area (TPSA) is 32.3 Å². The van der Waals surface area contributed by atoms with Crippen LogP contribution in [0.2, 0.25) is 0 Å². The lowest BCUT2D eigenvalue weighted by molar-refractivity contribution is 0.0519. The molecule has 2 aromatic carbocycles. The number of amides is 1. The Balaban J connectivity index is 0.00000169. The van der Waals surface area contributed by atoms with Crippen LogP contribution < -0.4 is 5.32 Å². The summed E-state index contributed by atoms with van der Waals surface area (Å²) in [5.41, 5.74) is 4.09. The quantitative estimate of drug-likeness (QED) is 0.905. The molecule has 0 spiro atoms. The predicted molar refractivity (Wildman–Crippen MR) is 99.7 cm³/mol. The van der Waals surface area contributed by atoms with Crippen LogP contribution in [0.3, 0.4) is 0 Å². The number of nitrogens with one attached hydrogen (secondary N) is 1. The van der Waals surface area contributed by atoms with Crippen molar-refractivity contribution < 1.29 is 4.79 Å². The van der Waals surface area contributed by atoms with Gasteiger partial charge >= 0.3 is 0 Å². The van der Waals surface area contributed by atoms with Gasteiger partial charge in [0.1, 0.15) is 0 Å². The van der Waals surface area contributed by atoms with Gasteiger partial charge in [0.25, 0.3) is 5.91 Å². The van der Waals surface area contributed by atoms with Crippen molar-refractivity contribution in [3.05, 3.63) is 59.7 Å². The molecule has 2 saturated heterocycles. The zero-order valence-electron chi connectivity index (χ0n) is 13.9. The Labute approximate surface area is 149 Å². The molecular formula is C20H23ClN2O. The summed E-state index contributed by atoms with van der Waals surface area (Å²) in [6.07, 6.45) is 1.12. The Bertz CT molecular complexity index is 732. The molecular weight excluding hydrogens is 320 g/mol. The first-order valence-corrected chi connectivity index (χ1v) is 8.41. The van der Waals surface area contributed by atoms with Gasteiger partial charge in [-0.3, -0.25) is 4.79 Å². The molecule has 4 rings (SSSR count). The summed E-state index contributed by atoms with van der Waals surface area (Å²) < 4.78 is 0. The van der Waals surface area contributed by atoms with Crippen LogP contribution in [0.1, 0.15) is 22.3 Å². The Morgan fingerprint density at radius 2 is 1.96 bits per heavy atom. The molecule has 24 heavy (non-hydrogen) atoms. The van der Waals surface area contributed by atoms with Crippen molar-refractivity contribution in [2.75, 3.05) is 19.6 Å².